The van der Waals surface area contributed by atoms with Crippen LogP contribution < -0.4 is 10.2 Å². The molecule has 1 aromatic rings. The number of carbonyl (C=O) groups is 1. The number of halogens is 1. The van der Waals surface area contributed by atoms with Crippen molar-refractivity contribution in [1.29, 1.82) is 0 Å². The van der Waals surface area contributed by atoms with Gasteiger partial charge in [0.2, 0.25) is 5.91 Å². The molecule has 0 aromatic heterocycles. The molecule has 0 atom stereocenters. The third-order valence-corrected chi connectivity index (χ3v) is 4.21. The number of aryl methyl sites for hydroxylation is 1. The lowest BCUT2D eigenvalue weighted by molar-refractivity contribution is -0.127. The highest BCUT2D eigenvalue weighted by Gasteiger charge is 2.20. The molecule has 144 valence electrons. The lowest BCUT2D eigenvalue weighted by Gasteiger charge is -2.37. The fourth-order valence-electron chi connectivity index (χ4n) is 2.72. The zero-order valence-electron chi connectivity index (χ0n) is 15.9. The summed E-state index contributed by atoms with van der Waals surface area (Å²) in [5.74, 6) is 0.773. The molecular weight excluding hydrogens is 441 g/mol. The zero-order valence-corrected chi connectivity index (χ0v) is 18.3. The maximum Gasteiger partial charge on any atom is 0.243 e. The molecule has 0 unspecified atom stereocenters. The monoisotopic (exact) mass is 471 g/mol. The van der Waals surface area contributed by atoms with E-state index >= 15 is 0 Å². The molecule has 7 heteroatoms. The second kappa shape index (κ2) is 11.1. The van der Waals surface area contributed by atoms with Crippen LogP contribution in [0.3, 0.4) is 0 Å². The Balaban J connectivity index is 0.00000338. The van der Waals surface area contributed by atoms with E-state index in [9.17, 15) is 4.79 Å². The molecule has 1 saturated heterocycles. The summed E-state index contributed by atoms with van der Waals surface area (Å²) in [6.45, 7) is 10.2. The average Bonchev–Trinajstić information content (AvgIpc) is 2.61. The molecular formula is C19H30IN5O. The summed E-state index contributed by atoms with van der Waals surface area (Å²) < 4.78 is 0. The van der Waals surface area contributed by atoms with E-state index in [2.05, 4.69) is 57.9 Å². The predicted molar refractivity (Wildman–Crippen MR) is 120 cm³/mol. The van der Waals surface area contributed by atoms with Gasteiger partial charge in [0.15, 0.2) is 5.96 Å². The van der Waals surface area contributed by atoms with Crippen molar-refractivity contribution < 1.29 is 4.79 Å². The topological polar surface area (TPSA) is 51.2 Å². The normalized spacial score (nSPS) is 14.5. The molecule has 1 aliphatic heterocycles. The average molecular weight is 471 g/mol. The van der Waals surface area contributed by atoms with Crippen molar-refractivity contribution in [3.05, 3.63) is 42.5 Å². The van der Waals surface area contributed by atoms with E-state index in [4.69, 9.17) is 0 Å². The van der Waals surface area contributed by atoms with E-state index in [1.807, 2.05) is 0 Å². The maximum atomic E-state index is 11.8. The SMILES string of the molecule is C=CCNC(=NCC(=O)N(C)C)N1CCN(c2cccc(C)c2)CC1.I. The number of nitrogens with zero attached hydrogens (tertiary/aromatic N) is 4. The largest absolute Gasteiger partial charge is 0.368 e. The lowest BCUT2D eigenvalue weighted by atomic mass is 10.2. The Morgan fingerprint density at radius 1 is 1.31 bits per heavy atom. The summed E-state index contributed by atoms with van der Waals surface area (Å²) in [7, 11) is 3.49. The van der Waals surface area contributed by atoms with Crippen LogP contribution >= 0.6 is 24.0 Å². The highest BCUT2D eigenvalue weighted by atomic mass is 127. The minimum atomic E-state index is -0.00343. The second-order valence-corrected chi connectivity index (χ2v) is 6.41. The molecule has 0 spiro atoms. The lowest BCUT2D eigenvalue weighted by Crippen LogP contribution is -2.52. The molecule has 26 heavy (non-hydrogen) atoms. The summed E-state index contributed by atoms with van der Waals surface area (Å²) in [5.41, 5.74) is 2.54. The molecule has 1 N–H and O–H groups in total. The van der Waals surface area contributed by atoms with Crippen LogP contribution in [0.4, 0.5) is 5.69 Å². The van der Waals surface area contributed by atoms with Crippen molar-refractivity contribution in [2.24, 2.45) is 4.99 Å². The molecule has 2 rings (SSSR count). The third-order valence-electron chi connectivity index (χ3n) is 4.21. The van der Waals surface area contributed by atoms with E-state index in [1.54, 1.807) is 25.1 Å². The number of rotatable bonds is 5. The Labute approximate surface area is 174 Å². The van der Waals surface area contributed by atoms with Crippen molar-refractivity contribution >= 4 is 41.5 Å². The minimum absolute atomic E-state index is 0. The van der Waals surface area contributed by atoms with Crippen LogP contribution in [0.15, 0.2) is 41.9 Å². The molecule has 0 aliphatic carbocycles. The van der Waals surface area contributed by atoms with Gasteiger partial charge in [-0.15, -0.1) is 30.6 Å². The van der Waals surface area contributed by atoms with Crippen LogP contribution in [0.25, 0.3) is 0 Å². The molecule has 0 saturated carbocycles. The number of piperazine rings is 1. The van der Waals surface area contributed by atoms with Crippen LogP contribution in [0, 0.1) is 6.92 Å². The Bertz CT molecular complexity index is 624. The minimum Gasteiger partial charge on any atom is -0.368 e. The van der Waals surface area contributed by atoms with Gasteiger partial charge in [-0.3, -0.25) is 4.79 Å². The van der Waals surface area contributed by atoms with Gasteiger partial charge >= 0.3 is 0 Å². The van der Waals surface area contributed by atoms with Gasteiger partial charge in [0.25, 0.3) is 0 Å². The van der Waals surface area contributed by atoms with Gasteiger partial charge < -0.3 is 20.0 Å². The van der Waals surface area contributed by atoms with Crippen LogP contribution in [0.5, 0.6) is 0 Å². The van der Waals surface area contributed by atoms with E-state index in [0.29, 0.717) is 6.54 Å². The van der Waals surface area contributed by atoms with Crippen LogP contribution in [0.2, 0.25) is 0 Å². The first-order valence-corrected chi connectivity index (χ1v) is 8.67. The molecule has 0 radical (unpaired) electrons. The molecule has 1 fully saturated rings. The first-order valence-electron chi connectivity index (χ1n) is 8.67. The molecule has 6 nitrogen and oxygen atoms in total. The predicted octanol–water partition coefficient (Wildman–Crippen LogP) is 1.95. The molecule has 0 bridgehead atoms. The molecule has 1 aliphatic rings. The first-order chi connectivity index (χ1) is 12.0. The van der Waals surface area contributed by atoms with Gasteiger partial charge in [0, 0.05) is 52.5 Å². The number of nitrogens with one attached hydrogen (secondary N) is 1. The van der Waals surface area contributed by atoms with Crippen LogP contribution in [-0.4, -0.2) is 75.0 Å². The maximum absolute atomic E-state index is 11.8. The standard InChI is InChI=1S/C19H29N5O.HI/c1-5-9-20-19(21-15-18(25)22(3)4)24-12-10-23(11-13-24)17-8-6-7-16(2)14-17;/h5-8,14H,1,9-13,15H2,2-4H3,(H,20,21);1H. The van der Waals surface area contributed by atoms with Gasteiger partial charge in [-0.1, -0.05) is 18.2 Å². The number of hydrogen-bond acceptors (Lipinski definition) is 3. The van der Waals surface area contributed by atoms with Gasteiger partial charge in [0.05, 0.1) is 0 Å². The fraction of sp³-hybridized carbons (Fsp3) is 0.474. The van der Waals surface area contributed by atoms with Crippen molar-refractivity contribution in [2.45, 2.75) is 6.92 Å². The Morgan fingerprint density at radius 2 is 2.00 bits per heavy atom. The quantitative estimate of drug-likeness (QED) is 0.309. The number of hydrogen-bond donors (Lipinski definition) is 1. The number of likely N-dealkylation sites (N-methyl/N-ethyl adjacent to an activating group) is 1. The number of benzene rings is 1. The summed E-state index contributed by atoms with van der Waals surface area (Å²) in [6.07, 6.45) is 1.80. The number of guanidine groups is 1. The van der Waals surface area contributed by atoms with Crippen LogP contribution in [0.1, 0.15) is 5.56 Å². The van der Waals surface area contributed by atoms with E-state index < -0.39 is 0 Å². The Hall–Kier alpha value is -1.77. The number of aliphatic imine (C=N–C) groups is 1. The van der Waals surface area contributed by atoms with Gasteiger partial charge in [-0.25, -0.2) is 4.99 Å². The summed E-state index contributed by atoms with van der Waals surface area (Å²) in [6, 6.07) is 8.59. The summed E-state index contributed by atoms with van der Waals surface area (Å²) in [4.78, 5) is 22.5. The highest BCUT2D eigenvalue weighted by Crippen LogP contribution is 2.17. The zero-order chi connectivity index (χ0) is 18.2. The second-order valence-electron chi connectivity index (χ2n) is 6.41. The smallest absolute Gasteiger partial charge is 0.243 e. The van der Waals surface area contributed by atoms with Gasteiger partial charge in [0.1, 0.15) is 6.54 Å². The highest BCUT2D eigenvalue weighted by molar-refractivity contribution is 14.0. The van der Waals surface area contributed by atoms with Crippen molar-refractivity contribution in [2.75, 3.05) is 58.3 Å². The molecule has 1 heterocycles. The third kappa shape index (κ3) is 6.51. The summed E-state index contributed by atoms with van der Waals surface area (Å²) in [5, 5.41) is 3.27. The van der Waals surface area contributed by atoms with Gasteiger partial charge in [-0.05, 0) is 24.6 Å². The van der Waals surface area contributed by atoms with Crippen molar-refractivity contribution in [1.82, 2.24) is 15.1 Å². The Morgan fingerprint density at radius 3 is 2.58 bits per heavy atom. The van der Waals surface area contributed by atoms with E-state index in [-0.39, 0.29) is 36.4 Å². The molecule has 1 amide bonds. The summed E-state index contributed by atoms with van der Waals surface area (Å²) >= 11 is 0. The Kier molecular flexibility index (Phi) is 9.47. The van der Waals surface area contributed by atoms with Crippen molar-refractivity contribution in [3.8, 4) is 0 Å². The first kappa shape index (κ1) is 22.3. The van der Waals surface area contributed by atoms with E-state index in [0.717, 1.165) is 32.1 Å². The number of amides is 1. The molecule has 1 aromatic carbocycles. The number of anilines is 1. The van der Waals surface area contributed by atoms with E-state index in [1.165, 1.54) is 11.3 Å². The van der Waals surface area contributed by atoms with Gasteiger partial charge in [-0.2, -0.15) is 0 Å². The fourth-order valence-corrected chi connectivity index (χ4v) is 2.72. The number of carbonyl (C=O) groups excluding carboxylic acids is 1. The van der Waals surface area contributed by atoms with Crippen molar-refractivity contribution in [3.63, 3.8) is 0 Å². The van der Waals surface area contributed by atoms with Crippen LogP contribution in [-0.2, 0) is 4.79 Å².